The van der Waals surface area contributed by atoms with Gasteiger partial charge in [-0.15, -0.1) is 0 Å². The molecule has 0 radical (unpaired) electrons. The summed E-state index contributed by atoms with van der Waals surface area (Å²) in [5.74, 6) is 0.279. The van der Waals surface area contributed by atoms with Gasteiger partial charge in [0.25, 0.3) is 5.91 Å². The first-order chi connectivity index (χ1) is 9.06. The number of ether oxygens (including phenoxy) is 1. The zero-order valence-electron chi connectivity index (χ0n) is 11.3. The second-order valence-electron chi connectivity index (χ2n) is 4.55. The van der Waals surface area contributed by atoms with Crippen LogP contribution in [-0.4, -0.2) is 41.5 Å². The van der Waals surface area contributed by atoms with Crippen molar-refractivity contribution in [3.63, 3.8) is 0 Å². The highest BCUT2D eigenvalue weighted by molar-refractivity contribution is 5.78. The van der Waals surface area contributed by atoms with Crippen molar-refractivity contribution in [1.82, 2.24) is 5.32 Å². The van der Waals surface area contributed by atoms with Crippen LogP contribution < -0.4 is 10.1 Å². The highest BCUT2D eigenvalue weighted by atomic mass is 16.5. The molecule has 0 saturated carbocycles. The van der Waals surface area contributed by atoms with Crippen molar-refractivity contribution < 1.29 is 19.7 Å². The van der Waals surface area contributed by atoms with Gasteiger partial charge >= 0.3 is 0 Å². The highest BCUT2D eigenvalue weighted by Gasteiger charge is 2.28. The van der Waals surface area contributed by atoms with Crippen molar-refractivity contribution >= 4 is 5.91 Å². The molecular weight excluding hydrogens is 246 g/mol. The number of para-hydroxylation sites is 1. The van der Waals surface area contributed by atoms with E-state index in [9.17, 15) is 15.0 Å². The van der Waals surface area contributed by atoms with Gasteiger partial charge in [-0.1, -0.05) is 25.1 Å². The van der Waals surface area contributed by atoms with E-state index in [0.29, 0.717) is 12.2 Å². The maximum Gasteiger partial charge on any atom is 0.258 e. The van der Waals surface area contributed by atoms with E-state index in [2.05, 4.69) is 5.32 Å². The molecule has 0 aliphatic rings. The fourth-order valence-electron chi connectivity index (χ4n) is 1.63. The molecule has 0 bridgehead atoms. The summed E-state index contributed by atoms with van der Waals surface area (Å²) in [6.07, 6.45) is 0.441. The van der Waals surface area contributed by atoms with Crippen LogP contribution in [0.5, 0.6) is 5.75 Å². The van der Waals surface area contributed by atoms with E-state index < -0.39 is 5.54 Å². The molecule has 1 amide bonds. The lowest BCUT2D eigenvalue weighted by Gasteiger charge is -2.29. The third-order valence-corrected chi connectivity index (χ3v) is 3.14. The van der Waals surface area contributed by atoms with Crippen LogP contribution in [0.15, 0.2) is 24.3 Å². The number of nitrogens with one attached hydrogen (secondary N) is 1. The summed E-state index contributed by atoms with van der Waals surface area (Å²) in [6.45, 7) is 2.92. The van der Waals surface area contributed by atoms with Crippen molar-refractivity contribution in [2.24, 2.45) is 0 Å². The molecule has 0 atom stereocenters. The molecular formula is C14H21NO4. The summed E-state index contributed by atoms with van der Waals surface area (Å²) < 4.78 is 5.40. The van der Waals surface area contributed by atoms with E-state index in [4.69, 9.17) is 4.74 Å². The van der Waals surface area contributed by atoms with Gasteiger partial charge < -0.3 is 20.3 Å². The molecule has 1 aromatic carbocycles. The minimum atomic E-state index is -0.980. The van der Waals surface area contributed by atoms with Gasteiger partial charge in [0.05, 0.1) is 18.8 Å². The van der Waals surface area contributed by atoms with Gasteiger partial charge in [-0.3, -0.25) is 4.79 Å². The number of carbonyl (C=O) groups excluding carboxylic acids is 1. The van der Waals surface area contributed by atoms with Crippen molar-refractivity contribution in [2.45, 2.75) is 25.8 Å². The first kappa shape index (κ1) is 15.5. The Morgan fingerprint density at radius 2 is 1.95 bits per heavy atom. The van der Waals surface area contributed by atoms with Crippen molar-refractivity contribution in [1.29, 1.82) is 0 Å². The highest BCUT2D eigenvalue weighted by Crippen LogP contribution is 2.16. The number of amides is 1. The zero-order chi connectivity index (χ0) is 14.3. The minimum absolute atomic E-state index is 0.146. The topological polar surface area (TPSA) is 78.8 Å². The monoisotopic (exact) mass is 267 g/mol. The standard InChI is InChI=1S/C14H21NO4/c1-3-14(9-16,10-17)15-13(18)8-19-12-7-5-4-6-11(12)2/h4-7,16-17H,3,8-10H2,1-2H3,(H,15,18). The fraction of sp³-hybridized carbons (Fsp3) is 0.500. The normalized spacial score (nSPS) is 11.2. The summed E-state index contributed by atoms with van der Waals surface area (Å²) in [5, 5.41) is 21.1. The summed E-state index contributed by atoms with van der Waals surface area (Å²) in [7, 11) is 0. The second-order valence-corrected chi connectivity index (χ2v) is 4.55. The lowest BCUT2D eigenvalue weighted by Crippen LogP contribution is -2.55. The van der Waals surface area contributed by atoms with E-state index in [1.54, 1.807) is 13.0 Å². The molecule has 0 aliphatic heterocycles. The van der Waals surface area contributed by atoms with E-state index in [-0.39, 0.29) is 25.7 Å². The first-order valence-electron chi connectivity index (χ1n) is 6.28. The number of aryl methyl sites for hydroxylation is 1. The van der Waals surface area contributed by atoms with Crippen molar-refractivity contribution in [2.75, 3.05) is 19.8 Å². The SMILES string of the molecule is CCC(CO)(CO)NC(=O)COc1ccccc1C. The van der Waals surface area contributed by atoms with E-state index in [1.807, 2.05) is 25.1 Å². The summed E-state index contributed by atoms with van der Waals surface area (Å²) in [6, 6.07) is 7.40. The maximum atomic E-state index is 11.8. The predicted octanol–water partition coefficient (Wildman–Crippen LogP) is 0.623. The van der Waals surface area contributed by atoms with Crippen LogP contribution in [0.25, 0.3) is 0 Å². The summed E-state index contributed by atoms with van der Waals surface area (Å²) in [5.41, 5.74) is -0.0343. The average molecular weight is 267 g/mol. The number of hydrogen-bond acceptors (Lipinski definition) is 4. The van der Waals surface area contributed by atoms with Crippen LogP contribution in [0.2, 0.25) is 0 Å². The molecule has 5 heteroatoms. The molecule has 0 spiro atoms. The largest absolute Gasteiger partial charge is 0.484 e. The van der Waals surface area contributed by atoms with Crippen LogP contribution in [-0.2, 0) is 4.79 Å². The molecule has 0 fully saturated rings. The molecule has 5 nitrogen and oxygen atoms in total. The molecule has 0 saturated heterocycles. The van der Waals surface area contributed by atoms with Gasteiger partial charge in [-0.05, 0) is 25.0 Å². The Morgan fingerprint density at radius 1 is 1.32 bits per heavy atom. The molecule has 19 heavy (non-hydrogen) atoms. The molecule has 1 rings (SSSR count). The number of carbonyl (C=O) groups is 1. The Bertz CT molecular complexity index is 407. The fourth-order valence-corrected chi connectivity index (χ4v) is 1.63. The summed E-state index contributed by atoms with van der Waals surface area (Å²) >= 11 is 0. The Labute approximate surface area is 113 Å². The van der Waals surface area contributed by atoms with Crippen molar-refractivity contribution in [3.8, 4) is 5.75 Å². The molecule has 0 aliphatic carbocycles. The Morgan fingerprint density at radius 3 is 2.47 bits per heavy atom. The summed E-state index contributed by atoms with van der Waals surface area (Å²) in [4.78, 5) is 11.8. The van der Waals surface area contributed by atoms with E-state index >= 15 is 0 Å². The number of aliphatic hydroxyl groups excluding tert-OH is 2. The molecule has 106 valence electrons. The predicted molar refractivity (Wildman–Crippen MR) is 72.0 cm³/mol. The Kier molecular flexibility index (Phi) is 5.79. The number of aliphatic hydroxyl groups is 2. The van der Waals surface area contributed by atoms with Crippen LogP contribution in [0, 0.1) is 6.92 Å². The lowest BCUT2D eigenvalue weighted by atomic mass is 9.98. The first-order valence-corrected chi connectivity index (χ1v) is 6.28. The van der Waals surface area contributed by atoms with Gasteiger partial charge in [-0.25, -0.2) is 0 Å². The number of benzene rings is 1. The average Bonchev–Trinajstić information content (AvgIpc) is 2.44. The number of rotatable bonds is 7. The lowest BCUT2D eigenvalue weighted by molar-refractivity contribution is -0.126. The zero-order valence-corrected chi connectivity index (χ0v) is 11.3. The van der Waals surface area contributed by atoms with E-state index in [1.165, 1.54) is 0 Å². The van der Waals surface area contributed by atoms with Gasteiger partial charge in [0, 0.05) is 0 Å². The Balaban J connectivity index is 2.54. The molecule has 0 unspecified atom stereocenters. The minimum Gasteiger partial charge on any atom is -0.484 e. The van der Waals surface area contributed by atoms with Gasteiger partial charge in [0.1, 0.15) is 5.75 Å². The van der Waals surface area contributed by atoms with Crippen LogP contribution in [0.4, 0.5) is 0 Å². The van der Waals surface area contributed by atoms with Crippen LogP contribution >= 0.6 is 0 Å². The van der Waals surface area contributed by atoms with Crippen LogP contribution in [0.1, 0.15) is 18.9 Å². The third kappa shape index (κ3) is 4.22. The molecule has 3 N–H and O–H groups in total. The maximum absolute atomic E-state index is 11.8. The second kappa shape index (κ2) is 7.11. The van der Waals surface area contributed by atoms with Crippen molar-refractivity contribution in [3.05, 3.63) is 29.8 Å². The van der Waals surface area contributed by atoms with Gasteiger partial charge in [0.15, 0.2) is 6.61 Å². The molecule has 0 aromatic heterocycles. The van der Waals surface area contributed by atoms with Crippen LogP contribution in [0.3, 0.4) is 0 Å². The third-order valence-electron chi connectivity index (χ3n) is 3.14. The van der Waals surface area contributed by atoms with E-state index in [0.717, 1.165) is 5.56 Å². The molecule has 1 aromatic rings. The Hall–Kier alpha value is -1.59. The molecule has 0 heterocycles. The van der Waals surface area contributed by atoms with Gasteiger partial charge in [0.2, 0.25) is 0 Å². The number of hydrogen-bond donors (Lipinski definition) is 3. The smallest absolute Gasteiger partial charge is 0.258 e. The van der Waals surface area contributed by atoms with Gasteiger partial charge in [-0.2, -0.15) is 0 Å². The quantitative estimate of drug-likeness (QED) is 0.677.